The van der Waals surface area contributed by atoms with E-state index in [1.807, 2.05) is 17.1 Å². The predicted molar refractivity (Wildman–Crippen MR) is 86.5 cm³/mol. The molecule has 1 aromatic carbocycles. The Bertz CT molecular complexity index is 559. The van der Waals surface area contributed by atoms with E-state index in [-0.39, 0.29) is 0 Å². The van der Waals surface area contributed by atoms with Crippen LogP contribution in [0.2, 0.25) is 0 Å². The van der Waals surface area contributed by atoms with Gasteiger partial charge in [-0.3, -0.25) is 0 Å². The average molecular weight is 283 g/mol. The third kappa shape index (κ3) is 3.03. The molecule has 1 aliphatic rings. The molecule has 1 heterocycles. The van der Waals surface area contributed by atoms with E-state index in [2.05, 4.69) is 55.3 Å². The highest BCUT2D eigenvalue weighted by Gasteiger charge is 2.30. The number of hydrogen-bond donors (Lipinski definition) is 1. The van der Waals surface area contributed by atoms with Crippen molar-refractivity contribution in [1.29, 1.82) is 0 Å². The largest absolute Gasteiger partial charge is 0.307 e. The maximum atomic E-state index is 4.09. The third-order valence-corrected chi connectivity index (χ3v) is 5.12. The first-order valence-electron chi connectivity index (χ1n) is 7.99. The van der Waals surface area contributed by atoms with Gasteiger partial charge in [0.15, 0.2) is 0 Å². The van der Waals surface area contributed by atoms with Crippen molar-refractivity contribution in [1.82, 2.24) is 14.9 Å². The molecule has 0 bridgehead atoms. The molecule has 3 rings (SSSR count). The van der Waals surface area contributed by atoms with E-state index in [1.165, 1.54) is 18.4 Å². The molecular weight excluding hydrogens is 258 g/mol. The van der Waals surface area contributed by atoms with Crippen molar-refractivity contribution in [2.24, 2.45) is 11.8 Å². The molecule has 0 saturated heterocycles. The van der Waals surface area contributed by atoms with Gasteiger partial charge in [0.05, 0.1) is 6.33 Å². The lowest BCUT2D eigenvalue weighted by molar-refractivity contribution is 0.347. The highest BCUT2D eigenvalue weighted by molar-refractivity contribution is 5.35. The SMILES string of the molecule is CC(NC1CCC(C)C1C)c1ccc(-n2ccnc2)cc1. The highest BCUT2D eigenvalue weighted by Crippen LogP contribution is 2.32. The van der Waals surface area contributed by atoms with Crippen molar-refractivity contribution in [2.45, 2.75) is 45.7 Å². The normalized spacial score (nSPS) is 26.9. The second kappa shape index (κ2) is 6.02. The quantitative estimate of drug-likeness (QED) is 0.920. The van der Waals surface area contributed by atoms with Crippen LogP contribution in [-0.2, 0) is 0 Å². The fourth-order valence-electron chi connectivity index (χ4n) is 3.36. The molecule has 2 aromatic rings. The molecule has 0 aliphatic heterocycles. The van der Waals surface area contributed by atoms with Crippen LogP contribution in [-0.4, -0.2) is 15.6 Å². The lowest BCUT2D eigenvalue weighted by Crippen LogP contribution is -2.34. The van der Waals surface area contributed by atoms with E-state index < -0.39 is 0 Å². The van der Waals surface area contributed by atoms with Crippen molar-refractivity contribution in [3.05, 3.63) is 48.5 Å². The summed E-state index contributed by atoms with van der Waals surface area (Å²) in [6.45, 7) is 7.02. The Balaban J connectivity index is 1.66. The molecule has 1 saturated carbocycles. The van der Waals surface area contributed by atoms with E-state index in [9.17, 15) is 0 Å². The smallest absolute Gasteiger partial charge is 0.0991 e. The molecule has 21 heavy (non-hydrogen) atoms. The minimum Gasteiger partial charge on any atom is -0.307 e. The second-order valence-corrected chi connectivity index (χ2v) is 6.47. The zero-order valence-electron chi connectivity index (χ0n) is 13.2. The van der Waals surface area contributed by atoms with E-state index >= 15 is 0 Å². The number of rotatable bonds is 4. The van der Waals surface area contributed by atoms with Gasteiger partial charge in [0.25, 0.3) is 0 Å². The molecule has 112 valence electrons. The standard InChI is InChI=1S/C18H25N3/c1-13-4-9-18(14(13)2)20-15(3)16-5-7-17(8-6-16)21-11-10-19-12-21/h5-8,10-15,18,20H,4,9H2,1-3H3. The molecular formula is C18H25N3. The number of benzene rings is 1. The molecule has 1 aliphatic carbocycles. The van der Waals surface area contributed by atoms with Crippen molar-refractivity contribution in [2.75, 3.05) is 0 Å². The molecule has 1 fully saturated rings. The van der Waals surface area contributed by atoms with Crippen molar-refractivity contribution in [3.8, 4) is 5.69 Å². The third-order valence-electron chi connectivity index (χ3n) is 5.12. The minimum atomic E-state index is 0.402. The van der Waals surface area contributed by atoms with Crippen LogP contribution in [0.5, 0.6) is 0 Å². The van der Waals surface area contributed by atoms with Gasteiger partial charge in [-0.2, -0.15) is 0 Å². The maximum absolute atomic E-state index is 4.09. The molecule has 3 nitrogen and oxygen atoms in total. The first-order chi connectivity index (χ1) is 10.1. The zero-order chi connectivity index (χ0) is 14.8. The van der Waals surface area contributed by atoms with Gasteiger partial charge >= 0.3 is 0 Å². The van der Waals surface area contributed by atoms with Crippen LogP contribution in [0.4, 0.5) is 0 Å². The van der Waals surface area contributed by atoms with E-state index in [4.69, 9.17) is 0 Å². The molecule has 3 heteroatoms. The van der Waals surface area contributed by atoms with Gasteiger partial charge in [0.2, 0.25) is 0 Å². The van der Waals surface area contributed by atoms with Crippen LogP contribution >= 0.6 is 0 Å². The van der Waals surface area contributed by atoms with Gasteiger partial charge in [-0.15, -0.1) is 0 Å². The highest BCUT2D eigenvalue weighted by atomic mass is 15.0. The summed E-state index contributed by atoms with van der Waals surface area (Å²) >= 11 is 0. The summed E-state index contributed by atoms with van der Waals surface area (Å²) in [5, 5.41) is 3.81. The Morgan fingerprint density at radius 3 is 2.52 bits per heavy atom. The lowest BCUT2D eigenvalue weighted by Gasteiger charge is -2.24. The topological polar surface area (TPSA) is 29.9 Å². The summed E-state index contributed by atoms with van der Waals surface area (Å²) in [7, 11) is 0. The summed E-state index contributed by atoms with van der Waals surface area (Å²) < 4.78 is 2.03. The summed E-state index contributed by atoms with van der Waals surface area (Å²) in [6, 6.07) is 9.82. The monoisotopic (exact) mass is 283 g/mol. The van der Waals surface area contributed by atoms with Crippen molar-refractivity contribution in [3.63, 3.8) is 0 Å². The van der Waals surface area contributed by atoms with E-state index in [1.54, 1.807) is 6.20 Å². The lowest BCUT2D eigenvalue weighted by atomic mass is 9.96. The van der Waals surface area contributed by atoms with Crippen LogP contribution in [0.25, 0.3) is 5.69 Å². The summed E-state index contributed by atoms with van der Waals surface area (Å²) in [5.74, 6) is 1.62. The van der Waals surface area contributed by atoms with Gasteiger partial charge in [-0.05, 0) is 49.3 Å². The Morgan fingerprint density at radius 1 is 1.19 bits per heavy atom. The van der Waals surface area contributed by atoms with Gasteiger partial charge in [0, 0.05) is 30.2 Å². The van der Waals surface area contributed by atoms with Gasteiger partial charge in [-0.25, -0.2) is 4.98 Å². The van der Waals surface area contributed by atoms with Gasteiger partial charge in [-0.1, -0.05) is 26.0 Å². The molecule has 0 spiro atoms. The first kappa shape index (κ1) is 14.3. The fourth-order valence-corrected chi connectivity index (χ4v) is 3.36. The van der Waals surface area contributed by atoms with Crippen LogP contribution < -0.4 is 5.32 Å². The molecule has 1 aromatic heterocycles. The molecule has 0 amide bonds. The van der Waals surface area contributed by atoms with Crippen LogP contribution in [0.1, 0.15) is 45.2 Å². The number of nitrogens with zero attached hydrogens (tertiary/aromatic N) is 2. The Morgan fingerprint density at radius 2 is 1.95 bits per heavy atom. The Kier molecular flexibility index (Phi) is 4.11. The minimum absolute atomic E-state index is 0.402. The van der Waals surface area contributed by atoms with Crippen molar-refractivity contribution < 1.29 is 0 Å². The Labute approximate surface area is 127 Å². The number of hydrogen-bond acceptors (Lipinski definition) is 2. The average Bonchev–Trinajstić information content (AvgIpc) is 3.13. The van der Waals surface area contributed by atoms with Crippen LogP contribution in [0, 0.1) is 11.8 Å². The van der Waals surface area contributed by atoms with Gasteiger partial charge in [0.1, 0.15) is 0 Å². The second-order valence-electron chi connectivity index (χ2n) is 6.47. The van der Waals surface area contributed by atoms with Crippen LogP contribution in [0.3, 0.4) is 0 Å². The molecule has 1 N–H and O–H groups in total. The number of aromatic nitrogens is 2. The zero-order valence-corrected chi connectivity index (χ0v) is 13.2. The first-order valence-corrected chi connectivity index (χ1v) is 7.99. The Hall–Kier alpha value is -1.61. The van der Waals surface area contributed by atoms with E-state index in [0.29, 0.717) is 12.1 Å². The summed E-state index contributed by atoms with van der Waals surface area (Å²) in [5.41, 5.74) is 2.51. The molecule has 4 unspecified atom stereocenters. The maximum Gasteiger partial charge on any atom is 0.0991 e. The molecule has 0 radical (unpaired) electrons. The van der Waals surface area contributed by atoms with Crippen LogP contribution in [0.15, 0.2) is 43.0 Å². The van der Waals surface area contributed by atoms with Gasteiger partial charge < -0.3 is 9.88 Å². The summed E-state index contributed by atoms with van der Waals surface area (Å²) in [4.78, 5) is 4.09. The van der Waals surface area contributed by atoms with E-state index in [0.717, 1.165) is 17.5 Å². The number of nitrogens with one attached hydrogen (secondary N) is 1. The summed E-state index contributed by atoms with van der Waals surface area (Å²) in [6.07, 6.45) is 8.27. The molecule has 4 atom stereocenters. The fraction of sp³-hybridized carbons (Fsp3) is 0.500. The van der Waals surface area contributed by atoms with Crippen molar-refractivity contribution >= 4 is 0 Å². The number of imidazole rings is 1. The predicted octanol–water partition coefficient (Wildman–Crippen LogP) is 3.96.